The van der Waals surface area contributed by atoms with Crippen LogP contribution in [0, 0.1) is 0 Å². The Balaban J connectivity index is 1.50. The number of hydrogen-bond donors (Lipinski definition) is 3. The molecular formula is C17H19N3O. The van der Waals surface area contributed by atoms with E-state index in [0.717, 1.165) is 30.8 Å². The van der Waals surface area contributed by atoms with E-state index in [1.165, 1.54) is 5.56 Å². The van der Waals surface area contributed by atoms with Gasteiger partial charge in [0, 0.05) is 24.0 Å². The van der Waals surface area contributed by atoms with Gasteiger partial charge in [0.1, 0.15) is 0 Å². The van der Waals surface area contributed by atoms with Crippen LogP contribution < -0.4 is 16.0 Å². The van der Waals surface area contributed by atoms with Crippen molar-refractivity contribution < 1.29 is 4.79 Å². The Morgan fingerprint density at radius 1 is 0.952 bits per heavy atom. The molecule has 2 amide bonds. The normalized spacial score (nSPS) is 13.5. The molecule has 0 heterocycles. The molecule has 0 bridgehead atoms. The van der Waals surface area contributed by atoms with Crippen LogP contribution in [0.5, 0.6) is 0 Å². The fourth-order valence-electron chi connectivity index (χ4n) is 2.05. The lowest BCUT2D eigenvalue weighted by molar-refractivity contribution is 0.251. The van der Waals surface area contributed by atoms with Gasteiger partial charge in [-0.2, -0.15) is 0 Å². The van der Waals surface area contributed by atoms with Crippen LogP contribution in [0.15, 0.2) is 54.6 Å². The van der Waals surface area contributed by atoms with Gasteiger partial charge in [-0.1, -0.05) is 30.3 Å². The first kappa shape index (κ1) is 13.5. The second kappa shape index (κ2) is 6.31. The zero-order valence-electron chi connectivity index (χ0n) is 11.8. The van der Waals surface area contributed by atoms with Crippen molar-refractivity contribution in [1.82, 2.24) is 5.32 Å². The Morgan fingerprint density at radius 3 is 2.29 bits per heavy atom. The molecule has 1 fully saturated rings. The van der Waals surface area contributed by atoms with Gasteiger partial charge < -0.3 is 16.0 Å². The van der Waals surface area contributed by atoms with E-state index in [-0.39, 0.29) is 6.03 Å². The second-order valence-electron chi connectivity index (χ2n) is 5.29. The quantitative estimate of drug-likeness (QED) is 0.784. The summed E-state index contributed by atoms with van der Waals surface area (Å²) in [4.78, 5) is 11.6. The SMILES string of the molecule is O=C(Nc1ccc(NCc2ccccc2)cc1)NC1CC1. The lowest BCUT2D eigenvalue weighted by Crippen LogP contribution is -2.30. The molecule has 1 aliphatic carbocycles. The van der Waals surface area contributed by atoms with Gasteiger partial charge in [-0.3, -0.25) is 0 Å². The average Bonchev–Trinajstić information content (AvgIpc) is 3.31. The van der Waals surface area contributed by atoms with E-state index in [0.29, 0.717) is 6.04 Å². The summed E-state index contributed by atoms with van der Waals surface area (Å²) in [6, 6.07) is 18.2. The van der Waals surface area contributed by atoms with Crippen LogP contribution in [0.4, 0.5) is 16.2 Å². The highest BCUT2D eigenvalue weighted by molar-refractivity contribution is 5.89. The van der Waals surface area contributed by atoms with Crippen molar-refractivity contribution in [3.05, 3.63) is 60.2 Å². The van der Waals surface area contributed by atoms with Crippen LogP contribution in [-0.2, 0) is 6.54 Å². The number of carbonyl (C=O) groups is 1. The van der Waals surface area contributed by atoms with Crippen molar-refractivity contribution in [2.75, 3.05) is 10.6 Å². The first-order chi connectivity index (χ1) is 10.3. The van der Waals surface area contributed by atoms with Gasteiger partial charge in [-0.15, -0.1) is 0 Å². The summed E-state index contributed by atoms with van der Waals surface area (Å²) in [6.07, 6.45) is 2.19. The highest BCUT2D eigenvalue weighted by atomic mass is 16.2. The van der Waals surface area contributed by atoms with Gasteiger partial charge in [0.2, 0.25) is 0 Å². The van der Waals surface area contributed by atoms with Crippen LogP contribution in [-0.4, -0.2) is 12.1 Å². The molecule has 4 heteroatoms. The molecule has 2 aromatic rings. The third-order valence-electron chi connectivity index (χ3n) is 3.39. The summed E-state index contributed by atoms with van der Waals surface area (Å²) in [5.41, 5.74) is 3.08. The van der Waals surface area contributed by atoms with Crippen LogP contribution in [0.1, 0.15) is 18.4 Å². The maximum absolute atomic E-state index is 11.6. The van der Waals surface area contributed by atoms with E-state index in [1.807, 2.05) is 42.5 Å². The molecule has 0 aliphatic heterocycles. The number of nitrogens with one attached hydrogen (secondary N) is 3. The van der Waals surface area contributed by atoms with Gasteiger partial charge >= 0.3 is 6.03 Å². The topological polar surface area (TPSA) is 53.2 Å². The molecule has 3 N–H and O–H groups in total. The first-order valence-electron chi connectivity index (χ1n) is 7.25. The predicted octanol–water partition coefficient (Wildman–Crippen LogP) is 3.58. The standard InChI is InChI=1S/C17H19N3O/c21-17(20-16-10-11-16)19-15-8-6-14(7-9-15)18-12-13-4-2-1-3-5-13/h1-9,16,18H,10-12H2,(H2,19,20,21). The minimum Gasteiger partial charge on any atom is -0.381 e. The number of urea groups is 1. The molecule has 2 aromatic carbocycles. The maximum Gasteiger partial charge on any atom is 0.319 e. The molecule has 0 saturated heterocycles. The zero-order valence-corrected chi connectivity index (χ0v) is 11.8. The molecule has 3 rings (SSSR count). The van der Waals surface area contributed by atoms with E-state index in [1.54, 1.807) is 0 Å². The summed E-state index contributed by atoms with van der Waals surface area (Å²) in [7, 11) is 0. The highest BCUT2D eigenvalue weighted by Crippen LogP contribution is 2.19. The molecule has 0 atom stereocenters. The largest absolute Gasteiger partial charge is 0.381 e. The van der Waals surface area contributed by atoms with Crippen molar-refractivity contribution in [1.29, 1.82) is 0 Å². The van der Waals surface area contributed by atoms with Crippen molar-refractivity contribution in [3.63, 3.8) is 0 Å². The van der Waals surface area contributed by atoms with Crippen LogP contribution >= 0.6 is 0 Å². The van der Waals surface area contributed by atoms with Crippen molar-refractivity contribution in [3.8, 4) is 0 Å². The van der Waals surface area contributed by atoms with Gasteiger partial charge in [-0.25, -0.2) is 4.79 Å². The summed E-state index contributed by atoms with van der Waals surface area (Å²) < 4.78 is 0. The number of carbonyl (C=O) groups excluding carboxylic acids is 1. The fraction of sp³-hybridized carbons (Fsp3) is 0.235. The van der Waals surface area contributed by atoms with Gasteiger partial charge in [0.05, 0.1) is 0 Å². The molecular weight excluding hydrogens is 262 g/mol. The van der Waals surface area contributed by atoms with Gasteiger partial charge in [-0.05, 0) is 42.7 Å². The number of amides is 2. The zero-order chi connectivity index (χ0) is 14.5. The first-order valence-corrected chi connectivity index (χ1v) is 7.25. The number of benzene rings is 2. The Kier molecular flexibility index (Phi) is 4.05. The van der Waals surface area contributed by atoms with E-state index in [4.69, 9.17) is 0 Å². The van der Waals surface area contributed by atoms with Crippen LogP contribution in [0.3, 0.4) is 0 Å². The van der Waals surface area contributed by atoms with E-state index >= 15 is 0 Å². The number of rotatable bonds is 5. The van der Waals surface area contributed by atoms with Crippen molar-refractivity contribution in [2.24, 2.45) is 0 Å². The minimum atomic E-state index is -0.123. The predicted molar refractivity (Wildman–Crippen MR) is 85.4 cm³/mol. The Labute approximate surface area is 124 Å². The Hall–Kier alpha value is -2.49. The molecule has 21 heavy (non-hydrogen) atoms. The van der Waals surface area contributed by atoms with Crippen molar-refractivity contribution >= 4 is 17.4 Å². The fourth-order valence-corrected chi connectivity index (χ4v) is 2.05. The molecule has 1 aliphatic rings. The monoisotopic (exact) mass is 281 g/mol. The summed E-state index contributed by atoms with van der Waals surface area (Å²) in [6.45, 7) is 0.787. The molecule has 0 unspecified atom stereocenters. The van der Waals surface area contributed by atoms with E-state index in [2.05, 4.69) is 28.1 Å². The van der Waals surface area contributed by atoms with E-state index in [9.17, 15) is 4.79 Å². The van der Waals surface area contributed by atoms with E-state index < -0.39 is 0 Å². The van der Waals surface area contributed by atoms with Crippen molar-refractivity contribution in [2.45, 2.75) is 25.4 Å². The molecule has 4 nitrogen and oxygen atoms in total. The smallest absolute Gasteiger partial charge is 0.319 e. The summed E-state index contributed by atoms with van der Waals surface area (Å²) in [5.74, 6) is 0. The summed E-state index contributed by atoms with van der Waals surface area (Å²) in [5, 5.41) is 9.09. The lowest BCUT2D eigenvalue weighted by atomic mass is 10.2. The van der Waals surface area contributed by atoms with Crippen LogP contribution in [0.25, 0.3) is 0 Å². The van der Waals surface area contributed by atoms with Gasteiger partial charge in [0.25, 0.3) is 0 Å². The third-order valence-corrected chi connectivity index (χ3v) is 3.39. The molecule has 108 valence electrons. The maximum atomic E-state index is 11.6. The number of hydrogen-bond acceptors (Lipinski definition) is 2. The van der Waals surface area contributed by atoms with Crippen LogP contribution in [0.2, 0.25) is 0 Å². The average molecular weight is 281 g/mol. The molecule has 0 aromatic heterocycles. The summed E-state index contributed by atoms with van der Waals surface area (Å²) >= 11 is 0. The second-order valence-corrected chi connectivity index (χ2v) is 5.29. The third kappa shape index (κ3) is 4.24. The Morgan fingerprint density at radius 2 is 1.62 bits per heavy atom. The van der Waals surface area contributed by atoms with Gasteiger partial charge in [0.15, 0.2) is 0 Å². The molecule has 0 radical (unpaired) electrons. The number of anilines is 2. The highest BCUT2D eigenvalue weighted by Gasteiger charge is 2.23. The molecule has 0 spiro atoms. The Bertz CT molecular complexity index is 591. The molecule has 1 saturated carbocycles. The lowest BCUT2D eigenvalue weighted by Gasteiger charge is -2.09. The minimum absolute atomic E-state index is 0.123.